The zero-order valence-electron chi connectivity index (χ0n) is 16.3. The molecule has 1 saturated heterocycles. The largest absolute Gasteiger partial charge is 0.497 e. The van der Waals surface area contributed by atoms with E-state index in [1.807, 2.05) is 24.3 Å². The minimum atomic E-state index is -0.800. The Morgan fingerprint density at radius 2 is 1.72 bits per heavy atom. The van der Waals surface area contributed by atoms with Gasteiger partial charge in [-0.1, -0.05) is 6.07 Å². The van der Waals surface area contributed by atoms with Crippen LogP contribution in [0.15, 0.2) is 42.5 Å². The zero-order chi connectivity index (χ0) is 21.0. The first-order valence-electron chi connectivity index (χ1n) is 9.13. The summed E-state index contributed by atoms with van der Waals surface area (Å²) < 4.78 is 5.16. The molecular weight excluding hydrogens is 376 g/mol. The number of carbonyl (C=O) groups excluding carboxylic acids is 2. The normalized spacial score (nSPS) is 13.7. The van der Waals surface area contributed by atoms with Crippen molar-refractivity contribution in [3.05, 3.63) is 58.1 Å². The quantitative estimate of drug-likeness (QED) is 0.481. The maximum Gasteiger partial charge on any atom is 0.313 e. The number of nitro groups is 1. The van der Waals surface area contributed by atoms with Crippen LogP contribution >= 0.6 is 0 Å². The van der Waals surface area contributed by atoms with Crippen LogP contribution in [0.4, 0.5) is 17.1 Å². The maximum absolute atomic E-state index is 12.5. The number of aryl methyl sites for hydroxylation is 1. The number of non-ortho nitro benzene ring substituents is 1. The maximum atomic E-state index is 12.5. The number of benzene rings is 2. The van der Waals surface area contributed by atoms with Crippen molar-refractivity contribution in [3.63, 3.8) is 0 Å². The third-order valence-electron chi connectivity index (χ3n) is 4.88. The summed E-state index contributed by atoms with van der Waals surface area (Å²) in [6, 6.07) is 11.8. The van der Waals surface area contributed by atoms with Gasteiger partial charge in [0, 0.05) is 44.0 Å². The molecule has 1 fully saturated rings. The highest BCUT2D eigenvalue weighted by Crippen LogP contribution is 2.23. The summed E-state index contributed by atoms with van der Waals surface area (Å²) in [7, 11) is 1.61. The van der Waals surface area contributed by atoms with Gasteiger partial charge in [0.05, 0.1) is 17.7 Å². The fraction of sp³-hybridized carbons (Fsp3) is 0.300. The molecule has 9 heteroatoms. The molecule has 0 saturated carbocycles. The topological polar surface area (TPSA) is 105 Å². The summed E-state index contributed by atoms with van der Waals surface area (Å²) in [4.78, 5) is 38.9. The van der Waals surface area contributed by atoms with Crippen LogP contribution in [0.1, 0.15) is 5.56 Å². The Kier molecular flexibility index (Phi) is 5.96. The fourth-order valence-electron chi connectivity index (χ4n) is 3.14. The van der Waals surface area contributed by atoms with Crippen molar-refractivity contribution < 1.29 is 19.2 Å². The molecule has 1 aliphatic rings. The van der Waals surface area contributed by atoms with Crippen molar-refractivity contribution in [1.82, 2.24) is 4.90 Å². The number of methoxy groups -OCH3 is 1. The van der Waals surface area contributed by atoms with Crippen molar-refractivity contribution in [1.29, 1.82) is 0 Å². The monoisotopic (exact) mass is 398 g/mol. The van der Waals surface area contributed by atoms with Gasteiger partial charge in [-0.05, 0) is 36.8 Å². The Balaban J connectivity index is 1.59. The van der Waals surface area contributed by atoms with Crippen molar-refractivity contribution in [3.8, 4) is 5.75 Å². The van der Waals surface area contributed by atoms with E-state index in [-0.39, 0.29) is 11.4 Å². The Hall–Kier alpha value is -3.62. The number of nitro benzene ring substituents is 1. The molecule has 2 aromatic rings. The molecule has 0 aromatic heterocycles. The minimum absolute atomic E-state index is 0.147. The molecule has 152 valence electrons. The first-order valence-corrected chi connectivity index (χ1v) is 9.13. The lowest BCUT2D eigenvalue weighted by atomic mass is 10.2. The smallest absolute Gasteiger partial charge is 0.313 e. The summed E-state index contributed by atoms with van der Waals surface area (Å²) >= 11 is 0. The van der Waals surface area contributed by atoms with Crippen molar-refractivity contribution in [2.75, 3.05) is 43.5 Å². The molecule has 0 radical (unpaired) electrons. The van der Waals surface area contributed by atoms with Gasteiger partial charge in [0.2, 0.25) is 0 Å². The second kappa shape index (κ2) is 8.59. The number of hydrogen-bond acceptors (Lipinski definition) is 6. The molecule has 0 aliphatic carbocycles. The van der Waals surface area contributed by atoms with Crippen molar-refractivity contribution >= 4 is 28.9 Å². The number of ether oxygens (including phenoxy) is 1. The SMILES string of the molecule is COc1ccc(N2CCN(C(=O)C(=O)Nc3cc([N+](=O)[O-])ccc3C)CC2)cc1. The molecule has 0 unspecified atom stereocenters. The predicted octanol–water partition coefficient (Wildman–Crippen LogP) is 2.20. The van der Waals surface area contributed by atoms with Gasteiger partial charge in [-0.2, -0.15) is 0 Å². The van der Waals surface area contributed by atoms with Crippen LogP contribution in [0.5, 0.6) is 5.75 Å². The standard InChI is InChI=1S/C20H22N4O5/c1-14-3-4-16(24(27)28)13-18(14)21-19(25)20(26)23-11-9-22(10-12-23)15-5-7-17(29-2)8-6-15/h3-8,13H,9-12H2,1-2H3,(H,21,25). The Labute approximate surface area is 168 Å². The second-order valence-corrected chi connectivity index (χ2v) is 6.69. The van der Waals surface area contributed by atoms with Crippen molar-refractivity contribution in [2.24, 2.45) is 0 Å². The van der Waals surface area contributed by atoms with Gasteiger partial charge in [0.25, 0.3) is 5.69 Å². The summed E-state index contributed by atoms with van der Waals surface area (Å²) in [5, 5.41) is 13.4. The van der Waals surface area contributed by atoms with E-state index in [4.69, 9.17) is 4.74 Å². The highest BCUT2D eigenvalue weighted by molar-refractivity contribution is 6.39. The van der Waals surface area contributed by atoms with Crippen LogP contribution in [-0.4, -0.2) is 54.9 Å². The lowest BCUT2D eigenvalue weighted by molar-refractivity contribution is -0.384. The highest BCUT2D eigenvalue weighted by Gasteiger charge is 2.26. The van der Waals surface area contributed by atoms with E-state index in [9.17, 15) is 19.7 Å². The molecule has 9 nitrogen and oxygen atoms in total. The van der Waals surface area contributed by atoms with Gasteiger partial charge in [-0.25, -0.2) is 0 Å². The molecule has 2 amide bonds. The molecule has 29 heavy (non-hydrogen) atoms. The van der Waals surface area contributed by atoms with E-state index >= 15 is 0 Å². The molecule has 1 aliphatic heterocycles. The predicted molar refractivity (Wildman–Crippen MR) is 108 cm³/mol. The summed E-state index contributed by atoms with van der Waals surface area (Å²) in [6.07, 6.45) is 0. The van der Waals surface area contributed by atoms with Crippen LogP contribution in [0, 0.1) is 17.0 Å². The minimum Gasteiger partial charge on any atom is -0.497 e. The van der Waals surface area contributed by atoms with E-state index in [2.05, 4.69) is 10.2 Å². The number of nitrogens with one attached hydrogen (secondary N) is 1. The number of anilines is 2. The number of carbonyl (C=O) groups is 2. The molecule has 0 bridgehead atoms. The molecule has 2 aromatic carbocycles. The summed E-state index contributed by atoms with van der Waals surface area (Å²) in [5.41, 5.74) is 1.77. The highest BCUT2D eigenvalue weighted by atomic mass is 16.6. The molecule has 3 rings (SSSR count). The van der Waals surface area contributed by atoms with Gasteiger partial charge < -0.3 is 19.9 Å². The van der Waals surface area contributed by atoms with Gasteiger partial charge in [0.1, 0.15) is 5.75 Å². The average molecular weight is 398 g/mol. The number of hydrogen-bond donors (Lipinski definition) is 1. The van der Waals surface area contributed by atoms with Crippen LogP contribution in [0.3, 0.4) is 0 Å². The van der Waals surface area contributed by atoms with E-state index < -0.39 is 16.7 Å². The third-order valence-corrected chi connectivity index (χ3v) is 4.88. The van der Waals surface area contributed by atoms with Crippen LogP contribution < -0.4 is 15.0 Å². The molecule has 1 N–H and O–H groups in total. The molecular formula is C20H22N4O5. The van der Waals surface area contributed by atoms with Gasteiger partial charge in [0.15, 0.2) is 0 Å². The lowest BCUT2D eigenvalue weighted by Crippen LogP contribution is -2.51. The van der Waals surface area contributed by atoms with Gasteiger partial charge in [-0.15, -0.1) is 0 Å². The van der Waals surface area contributed by atoms with E-state index in [1.54, 1.807) is 14.0 Å². The van der Waals surface area contributed by atoms with E-state index in [0.29, 0.717) is 31.7 Å². The van der Waals surface area contributed by atoms with Gasteiger partial charge >= 0.3 is 11.8 Å². The van der Waals surface area contributed by atoms with Gasteiger partial charge in [-0.3, -0.25) is 19.7 Å². The molecule has 0 spiro atoms. The van der Waals surface area contributed by atoms with E-state index in [1.165, 1.54) is 23.1 Å². The van der Waals surface area contributed by atoms with E-state index in [0.717, 1.165) is 11.4 Å². The number of rotatable bonds is 4. The van der Waals surface area contributed by atoms with Crippen LogP contribution in [-0.2, 0) is 9.59 Å². The third kappa shape index (κ3) is 4.63. The number of amides is 2. The zero-order valence-corrected chi connectivity index (χ0v) is 16.3. The first-order chi connectivity index (χ1) is 13.9. The summed E-state index contributed by atoms with van der Waals surface area (Å²) in [6.45, 7) is 3.72. The van der Waals surface area contributed by atoms with Crippen molar-refractivity contribution in [2.45, 2.75) is 6.92 Å². The fourth-order valence-corrected chi connectivity index (χ4v) is 3.14. The van der Waals surface area contributed by atoms with Crippen LogP contribution in [0.2, 0.25) is 0 Å². The summed E-state index contributed by atoms with van der Waals surface area (Å²) in [5.74, 6) is -0.674. The molecule has 0 atom stereocenters. The number of nitrogens with zero attached hydrogens (tertiary/aromatic N) is 3. The second-order valence-electron chi connectivity index (χ2n) is 6.69. The number of piperazine rings is 1. The Morgan fingerprint density at radius 1 is 1.07 bits per heavy atom. The average Bonchev–Trinajstić information content (AvgIpc) is 2.74. The Bertz CT molecular complexity index is 921. The lowest BCUT2D eigenvalue weighted by Gasteiger charge is -2.35. The first kappa shape index (κ1) is 20.1. The Morgan fingerprint density at radius 3 is 2.31 bits per heavy atom. The molecule has 1 heterocycles. The van der Waals surface area contributed by atoms with Crippen LogP contribution in [0.25, 0.3) is 0 Å².